The van der Waals surface area contributed by atoms with Crippen LogP contribution in [-0.4, -0.2) is 63.6 Å². The van der Waals surface area contributed by atoms with E-state index in [0.29, 0.717) is 12.2 Å². The van der Waals surface area contributed by atoms with Gasteiger partial charge in [0.1, 0.15) is 6.04 Å². The summed E-state index contributed by atoms with van der Waals surface area (Å²) in [4.78, 5) is 21.6. The van der Waals surface area contributed by atoms with Crippen LogP contribution in [0.2, 0.25) is 0 Å². The first-order valence-electron chi connectivity index (χ1n) is 11.0. The van der Waals surface area contributed by atoms with Crippen LogP contribution in [0.5, 0.6) is 0 Å². The molecule has 176 valence electrons. The average Bonchev–Trinajstić information content (AvgIpc) is 2.70. The molecule has 0 aliphatic carbocycles. The van der Waals surface area contributed by atoms with Gasteiger partial charge in [0.2, 0.25) is 0 Å². The van der Waals surface area contributed by atoms with Crippen LogP contribution in [-0.2, 0) is 14.3 Å². The summed E-state index contributed by atoms with van der Waals surface area (Å²) in [5.41, 5.74) is 5.66. The number of rotatable bonds is 20. The fourth-order valence-corrected chi connectivity index (χ4v) is 4.41. The predicted molar refractivity (Wildman–Crippen MR) is 122 cm³/mol. The number of carboxylic acids is 2. The minimum Gasteiger partial charge on any atom is -0.481 e. The van der Waals surface area contributed by atoms with Crippen molar-refractivity contribution < 1.29 is 29.6 Å². The highest BCUT2D eigenvalue weighted by atomic mass is 32.2. The van der Waals surface area contributed by atoms with Gasteiger partial charge in [0.25, 0.3) is 0 Å². The highest BCUT2D eigenvalue weighted by Gasteiger charge is 2.22. The number of hydrogen-bond donors (Lipinski definition) is 4. The maximum atomic E-state index is 11.0. The van der Waals surface area contributed by atoms with Gasteiger partial charge in [-0.15, -0.1) is 0 Å². The fraction of sp³-hybridized carbons (Fsp3) is 0.818. The van der Waals surface area contributed by atoms with Gasteiger partial charge in [-0.2, -0.15) is 11.8 Å². The van der Waals surface area contributed by atoms with Gasteiger partial charge < -0.3 is 25.8 Å². The van der Waals surface area contributed by atoms with Crippen LogP contribution in [0, 0.1) is 0 Å². The largest absolute Gasteiger partial charge is 0.481 e. The Morgan fingerprint density at radius 3 is 2.23 bits per heavy atom. The number of carbonyl (C=O) groups is 2. The Kier molecular flexibility index (Phi) is 18.0. The maximum absolute atomic E-state index is 11.0. The van der Waals surface area contributed by atoms with Crippen molar-refractivity contribution in [1.82, 2.24) is 0 Å². The van der Waals surface area contributed by atoms with Gasteiger partial charge in [0.05, 0.1) is 12.2 Å². The molecule has 7 nitrogen and oxygen atoms in total. The molecule has 4 atom stereocenters. The summed E-state index contributed by atoms with van der Waals surface area (Å²) in [6.45, 7) is 2.12. The van der Waals surface area contributed by atoms with E-state index in [4.69, 9.17) is 20.7 Å². The zero-order chi connectivity index (χ0) is 22.8. The first-order valence-corrected chi connectivity index (χ1v) is 12.1. The van der Waals surface area contributed by atoms with Crippen molar-refractivity contribution in [2.24, 2.45) is 5.73 Å². The quantitative estimate of drug-likeness (QED) is 0.164. The number of aliphatic hydroxyl groups excluding tert-OH is 1. The molecule has 0 aromatic rings. The lowest BCUT2D eigenvalue weighted by Crippen LogP contribution is -2.34. The molecule has 0 aliphatic rings. The van der Waals surface area contributed by atoms with E-state index in [2.05, 4.69) is 6.92 Å². The van der Waals surface area contributed by atoms with Crippen LogP contribution in [0.25, 0.3) is 0 Å². The molecule has 0 saturated carbocycles. The van der Waals surface area contributed by atoms with Gasteiger partial charge >= 0.3 is 11.9 Å². The Bertz CT molecular complexity index is 488. The van der Waals surface area contributed by atoms with Crippen LogP contribution in [0.4, 0.5) is 0 Å². The molecule has 4 unspecified atom stereocenters. The smallest absolute Gasteiger partial charge is 0.321 e. The summed E-state index contributed by atoms with van der Waals surface area (Å²) in [6, 6.07) is -0.922. The Hall–Kier alpha value is -1.09. The van der Waals surface area contributed by atoms with E-state index < -0.39 is 24.1 Å². The number of ether oxygens (including phenoxy) is 1. The number of methoxy groups -OCH3 is 1. The van der Waals surface area contributed by atoms with E-state index in [0.717, 1.165) is 57.8 Å². The van der Waals surface area contributed by atoms with Gasteiger partial charge in [-0.3, -0.25) is 9.59 Å². The zero-order valence-electron chi connectivity index (χ0n) is 18.5. The van der Waals surface area contributed by atoms with Crippen molar-refractivity contribution in [2.75, 3.05) is 12.9 Å². The van der Waals surface area contributed by atoms with Gasteiger partial charge in [-0.1, -0.05) is 64.0 Å². The summed E-state index contributed by atoms with van der Waals surface area (Å²) in [5.74, 6) is -1.48. The second-order valence-corrected chi connectivity index (χ2v) is 8.94. The number of hydrogen-bond acceptors (Lipinski definition) is 6. The number of nitrogens with two attached hydrogens (primary N) is 1. The highest BCUT2D eigenvalue weighted by Crippen LogP contribution is 2.25. The molecule has 8 heteroatoms. The zero-order valence-corrected chi connectivity index (χ0v) is 19.3. The first kappa shape index (κ1) is 28.9. The molecule has 0 aromatic heterocycles. The van der Waals surface area contributed by atoms with E-state index in [1.807, 2.05) is 6.08 Å². The van der Waals surface area contributed by atoms with Crippen LogP contribution >= 0.6 is 11.8 Å². The lowest BCUT2D eigenvalue weighted by molar-refractivity contribution is -0.138. The summed E-state index contributed by atoms with van der Waals surface area (Å²) < 4.78 is 5.63. The lowest BCUT2D eigenvalue weighted by Gasteiger charge is -2.24. The van der Waals surface area contributed by atoms with Crippen LogP contribution in [0.15, 0.2) is 12.2 Å². The molecule has 0 spiro atoms. The van der Waals surface area contributed by atoms with E-state index >= 15 is 0 Å². The lowest BCUT2D eigenvalue weighted by atomic mass is 10.0. The van der Waals surface area contributed by atoms with Gasteiger partial charge in [0, 0.05) is 24.5 Å². The standard InChI is InChI=1S/C22H41NO6S/c1-3-4-8-11-17(24)14-15-19(29-2)20(30-16-18(23)22(27)28)12-9-6-5-7-10-13-21(25)26/h14-15,17-20,24H,3-13,16,23H2,1-2H3,(H,25,26)(H,27,28). The molecule has 0 aromatic carbocycles. The summed E-state index contributed by atoms with van der Waals surface area (Å²) >= 11 is 1.49. The Morgan fingerprint density at radius 1 is 1.00 bits per heavy atom. The van der Waals surface area contributed by atoms with Crippen molar-refractivity contribution in [2.45, 2.75) is 101 Å². The topological polar surface area (TPSA) is 130 Å². The third kappa shape index (κ3) is 15.7. The van der Waals surface area contributed by atoms with Gasteiger partial charge in [-0.05, 0) is 19.3 Å². The third-order valence-electron chi connectivity index (χ3n) is 4.95. The molecular formula is C22H41NO6S. The van der Waals surface area contributed by atoms with Crippen molar-refractivity contribution in [3.63, 3.8) is 0 Å². The van der Waals surface area contributed by atoms with Gasteiger partial charge in [0.15, 0.2) is 0 Å². The number of aliphatic hydroxyl groups is 1. The molecule has 0 bridgehead atoms. The highest BCUT2D eigenvalue weighted by molar-refractivity contribution is 8.00. The number of carboxylic acid groups (broad SMARTS) is 2. The molecule has 5 N–H and O–H groups in total. The summed E-state index contributed by atoms with van der Waals surface area (Å²) in [6.07, 6.45) is 12.4. The Labute approximate surface area is 185 Å². The first-order chi connectivity index (χ1) is 14.3. The van der Waals surface area contributed by atoms with Crippen molar-refractivity contribution >= 4 is 23.7 Å². The molecule has 0 amide bonds. The molecule has 0 heterocycles. The number of unbranched alkanes of at least 4 members (excludes halogenated alkanes) is 6. The van der Waals surface area contributed by atoms with Crippen LogP contribution in [0.3, 0.4) is 0 Å². The minimum atomic E-state index is -1.02. The van der Waals surface area contributed by atoms with E-state index in [1.165, 1.54) is 11.8 Å². The Morgan fingerprint density at radius 2 is 1.63 bits per heavy atom. The molecule has 0 saturated heterocycles. The molecular weight excluding hydrogens is 406 g/mol. The van der Waals surface area contributed by atoms with Crippen LogP contribution in [0.1, 0.15) is 77.6 Å². The normalized spacial score (nSPS) is 15.7. The van der Waals surface area contributed by atoms with Crippen molar-refractivity contribution in [3.05, 3.63) is 12.2 Å². The molecule has 0 rings (SSSR count). The Balaban J connectivity index is 4.65. The maximum Gasteiger partial charge on any atom is 0.321 e. The summed E-state index contributed by atoms with van der Waals surface area (Å²) in [7, 11) is 1.62. The van der Waals surface area contributed by atoms with Crippen molar-refractivity contribution in [3.8, 4) is 0 Å². The minimum absolute atomic E-state index is 0.0403. The SMILES string of the molecule is CCCCCC(O)C=CC(OC)C(CCCCCCCC(=O)O)SCC(N)C(=O)O. The molecule has 0 aliphatic heterocycles. The summed E-state index contributed by atoms with van der Waals surface area (Å²) in [5, 5.41) is 27.9. The predicted octanol–water partition coefficient (Wildman–Crippen LogP) is 3.83. The number of aliphatic carboxylic acids is 2. The number of thioether (sulfide) groups is 1. The molecule has 30 heavy (non-hydrogen) atoms. The molecule has 0 radical (unpaired) electrons. The van der Waals surface area contributed by atoms with E-state index in [9.17, 15) is 14.7 Å². The van der Waals surface area contributed by atoms with Crippen molar-refractivity contribution in [1.29, 1.82) is 0 Å². The van der Waals surface area contributed by atoms with Crippen LogP contribution < -0.4 is 5.73 Å². The van der Waals surface area contributed by atoms with E-state index in [1.54, 1.807) is 13.2 Å². The monoisotopic (exact) mass is 447 g/mol. The average molecular weight is 448 g/mol. The van der Waals surface area contributed by atoms with E-state index in [-0.39, 0.29) is 17.8 Å². The molecule has 0 fully saturated rings. The second kappa shape index (κ2) is 18.7. The van der Waals surface area contributed by atoms with Gasteiger partial charge in [-0.25, -0.2) is 0 Å². The second-order valence-electron chi connectivity index (χ2n) is 7.67. The fourth-order valence-electron chi connectivity index (χ4n) is 3.08. The third-order valence-corrected chi connectivity index (χ3v) is 6.43.